The Bertz CT molecular complexity index is 587. The van der Waals surface area contributed by atoms with Gasteiger partial charge in [-0.3, -0.25) is 0 Å². The van der Waals surface area contributed by atoms with Gasteiger partial charge in [-0.15, -0.1) is 0 Å². The molecule has 2 aromatic rings. The summed E-state index contributed by atoms with van der Waals surface area (Å²) in [6, 6.07) is 15.3. The fraction of sp³-hybridized carbons (Fsp3) is 0.368. The fourth-order valence-electron chi connectivity index (χ4n) is 2.13. The van der Waals surface area contributed by atoms with E-state index in [1.54, 1.807) is 27.7 Å². The predicted molar refractivity (Wildman–Crippen MR) is 87.7 cm³/mol. The molecule has 3 heteroatoms. The standard InChI is InChI=1S/C19H24O3/c1-18(2,20)15-10-16(19(3,4)21)12-17(11-15)22-13-14-8-6-5-7-9-14/h5-12,20-21H,13H2,1-4H3. The van der Waals surface area contributed by atoms with Crippen molar-refractivity contribution in [1.82, 2.24) is 0 Å². The Kier molecular flexibility index (Phi) is 4.59. The van der Waals surface area contributed by atoms with E-state index in [1.807, 2.05) is 48.5 Å². The number of benzene rings is 2. The zero-order valence-corrected chi connectivity index (χ0v) is 13.6. The van der Waals surface area contributed by atoms with Gasteiger partial charge in [0.05, 0.1) is 11.2 Å². The first-order valence-corrected chi connectivity index (χ1v) is 7.44. The van der Waals surface area contributed by atoms with Crippen LogP contribution in [0.3, 0.4) is 0 Å². The van der Waals surface area contributed by atoms with Crippen LogP contribution in [0.2, 0.25) is 0 Å². The Hall–Kier alpha value is -1.84. The molecular formula is C19H24O3. The molecular weight excluding hydrogens is 276 g/mol. The van der Waals surface area contributed by atoms with Crippen molar-refractivity contribution in [2.24, 2.45) is 0 Å². The molecule has 0 unspecified atom stereocenters. The Morgan fingerprint density at radius 1 is 0.818 bits per heavy atom. The molecule has 0 bridgehead atoms. The van der Waals surface area contributed by atoms with Crippen LogP contribution in [0.1, 0.15) is 44.4 Å². The van der Waals surface area contributed by atoms with E-state index in [-0.39, 0.29) is 0 Å². The van der Waals surface area contributed by atoms with Crippen LogP contribution in [0, 0.1) is 0 Å². The zero-order valence-electron chi connectivity index (χ0n) is 13.6. The van der Waals surface area contributed by atoms with E-state index >= 15 is 0 Å². The zero-order chi connectivity index (χ0) is 16.4. The van der Waals surface area contributed by atoms with Gasteiger partial charge in [0.25, 0.3) is 0 Å². The van der Waals surface area contributed by atoms with Crippen molar-refractivity contribution in [3.63, 3.8) is 0 Å². The molecule has 2 rings (SSSR count). The summed E-state index contributed by atoms with van der Waals surface area (Å²) in [5.41, 5.74) is 0.518. The van der Waals surface area contributed by atoms with Crippen LogP contribution in [-0.4, -0.2) is 10.2 Å². The van der Waals surface area contributed by atoms with E-state index in [0.29, 0.717) is 12.4 Å². The summed E-state index contributed by atoms with van der Waals surface area (Å²) in [7, 11) is 0. The third kappa shape index (κ3) is 4.33. The fourth-order valence-corrected chi connectivity index (χ4v) is 2.13. The van der Waals surface area contributed by atoms with E-state index in [1.165, 1.54) is 0 Å². The molecule has 2 N–H and O–H groups in total. The molecule has 0 saturated heterocycles. The number of aliphatic hydroxyl groups is 2. The number of ether oxygens (including phenoxy) is 1. The van der Waals surface area contributed by atoms with E-state index in [2.05, 4.69) is 0 Å². The van der Waals surface area contributed by atoms with Crippen molar-refractivity contribution in [1.29, 1.82) is 0 Å². The highest BCUT2D eigenvalue weighted by atomic mass is 16.5. The summed E-state index contributed by atoms with van der Waals surface area (Å²) in [6.45, 7) is 7.32. The van der Waals surface area contributed by atoms with E-state index < -0.39 is 11.2 Å². The van der Waals surface area contributed by atoms with Crippen molar-refractivity contribution in [3.05, 3.63) is 65.2 Å². The highest BCUT2D eigenvalue weighted by Crippen LogP contribution is 2.31. The predicted octanol–water partition coefficient (Wildman–Crippen LogP) is 3.72. The van der Waals surface area contributed by atoms with Gasteiger partial charge in [0, 0.05) is 0 Å². The van der Waals surface area contributed by atoms with E-state index in [9.17, 15) is 10.2 Å². The summed E-state index contributed by atoms with van der Waals surface area (Å²) in [6.07, 6.45) is 0. The molecule has 0 radical (unpaired) electrons. The molecule has 0 atom stereocenters. The van der Waals surface area contributed by atoms with Gasteiger partial charge in [-0.05, 0) is 62.6 Å². The van der Waals surface area contributed by atoms with Gasteiger partial charge < -0.3 is 14.9 Å². The number of hydrogen-bond acceptors (Lipinski definition) is 3. The van der Waals surface area contributed by atoms with Crippen LogP contribution in [0.5, 0.6) is 5.75 Å². The van der Waals surface area contributed by atoms with Crippen molar-refractivity contribution in [3.8, 4) is 5.75 Å². The monoisotopic (exact) mass is 300 g/mol. The van der Waals surface area contributed by atoms with Crippen molar-refractivity contribution in [2.75, 3.05) is 0 Å². The molecule has 0 aliphatic heterocycles. The van der Waals surface area contributed by atoms with Crippen LogP contribution in [0.4, 0.5) is 0 Å². The molecule has 0 aliphatic carbocycles. The summed E-state index contributed by atoms with van der Waals surface area (Å²) in [5.74, 6) is 0.639. The SMILES string of the molecule is CC(C)(O)c1cc(OCc2ccccc2)cc(C(C)(C)O)c1. The average molecular weight is 300 g/mol. The summed E-state index contributed by atoms with van der Waals surface area (Å²) < 4.78 is 5.84. The average Bonchev–Trinajstić information content (AvgIpc) is 2.44. The first-order valence-electron chi connectivity index (χ1n) is 7.44. The molecule has 0 spiro atoms. The first kappa shape index (κ1) is 16.5. The van der Waals surface area contributed by atoms with Crippen LogP contribution in [0.25, 0.3) is 0 Å². The maximum atomic E-state index is 10.3. The molecule has 3 nitrogen and oxygen atoms in total. The first-order chi connectivity index (χ1) is 10.2. The molecule has 0 amide bonds. The Morgan fingerprint density at radius 3 is 1.77 bits per heavy atom. The Morgan fingerprint density at radius 2 is 1.32 bits per heavy atom. The van der Waals surface area contributed by atoms with E-state index in [0.717, 1.165) is 16.7 Å². The minimum Gasteiger partial charge on any atom is -0.489 e. The quantitative estimate of drug-likeness (QED) is 0.885. The van der Waals surface area contributed by atoms with Crippen molar-refractivity contribution >= 4 is 0 Å². The second kappa shape index (κ2) is 6.11. The second-order valence-corrected chi connectivity index (χ2v) is 6.64. The molecule has 118 valence electrons. The highest BCUT2D eigenvalue weighted by molar-refractivity contribution is 5.39. The molecule has 0 heterocycles. The van der Waals surface area contributed by atoms with Gasteiger partial charge in [0.15, 0.2) is 0 Å². The van der Waals surface area contributed by atoms with E-state index in [4.69, 9.17) is 4.74 Å². The van der Waals surface area contributed by atoms with Crippen LogP contribution >= 0.6 is 0 Å². The third-order valence-corrected chi connectivity index (χ3v) is 3.57. The molecule has 0 fully saturated rings. The lowest BCUT2D eigenvalue weighted by atomic mass is 9.90. The van der Waals surface area contributed by atoms with Gasteiger partial charge in [-0.1, -0.05) is 30.3 Å². The molecule has 0 aromatic heterocycles. The molecule has 0 aliphatic rings. The lowest BCUT2D eigenvalue weighted by Crippen LogP contribution is -2.20. The van der Waals surface area contributed by atoms with Crippen LogP contribution < -0.4 is 4.74 Å². The van der Waals surface area contributed by atoms with Gasteiger partial charge in [0.2, 0.25) is 0 Å². The second-order valence-electron chi connectivity index (χ2n) is 6.64. The molecule has 22 heavy (non-hydrogen) atoms. The number of hydrogen-bond donors (Lipinski definition) is 2. The highest BCUT2D eigenvalue weighted by Gasteiger charge is 2.23. The maximum absolute atomic E-state index is 10.3. The van der Waals surface area contributed by atoms with Gasteiger partial charge >= 0.3 is 0 Å². The summed E-state index contributed by atoms with van der Waals surface area (Å²) in [5, 5.41) is 20.5. The molecule has 2 aromatic carbocycles. The molecule has 0 saturated carbocycles. The third-order valence-electron chi connectivity index (χ3n) is 3.57. The van der Waals surface area contributed by atoms with Gasteiger partial charge in [-0.2, -0.15) is 0 Å². The summed E-state index contributed by atoms with van der Waals surface area (Å²) in [4.78, 5) is 0. The maximum Gasteiger partial charge on any atom is 0.120 e. The normalized spacial score (nSPS) is 12.3. The smallest absolute Gasteiger partial charge is 0.120 e. The van der Waals surface area contributed by atoms with Crippen LogP contribution in [0.15, 0.2) is 48.5 Å². The largest absolute Gasteiger partial charge is 0.489 e. The lowest BCUT2D eigenvalue weighted by molar-refractivity contribution is 0.0711. The Balaban J connectivity index is 2.30. The Labute approximate surface area is 132 Å². The lowest BCUT2D eigenvalue weighted by Gasteiger charge is -2.24. The van der Waals surface area contributed by atoms with Crippen LogP contribution in [-0.2, 0) is 17.8 Å². The topological polar surface area (TPSA) is 49.7 Å². The van der Waals surface area contributed by atoms with Gasteiger partial charge in [0.1, 0.15) is 12.4 Å². The van der Waals surface area contributed by atoms with Gasteiger partial charge in [-0.25, -0.2) is 0 Å². The minimum atomic E-state index is -0.994. The number of rotatable bonds is 5. The summed E-state index contributed by atoms with van der Waals surface area (Å²) >= 11 is 0. The van der Waals surface area contributed by atoms with Crippen molar-refractivity contribution in [2.45, 2.75) is 45.5 Å². The minimum absolute atomic E-state index is 0.446. The van der Waals surface area contributed by atoms with Crippen molar-refractivity contribution < 1.29 is 14.9 Å².